The average molecular weight is 267 g/mol. The molecule has 1 aromatic carbocycles. The van der Waals surface area contributed by atoms with E-state index >= 15 is 0 Å². The van der Waals surface area contributed by atoms with E-state index < -0.39 is 17.8 Å². The van der Waals surface area contributed by atoms with Gasteiger partial charge >= 0.3 is 12.2 Å². The number of rotatable bonds is 3. The molecule has 0 radical (unpaired) electrons. The highest BCUT2D eigenvalue weighted by molar-refractivity contribution is 6.18. The zero-order valence-corrected chi connectivity index (χ0v) is 9.40. The SMILES string of the molecule is O=C(NCCCl)Nc1cccc(C(F)(F)F)c1. The summed E-state index contributed by atoms with van der Waals surface area (Å²) in [7, 11) is 0. The molecular weight excluding hydrogens is 257 g/mol. The maximum absolute atomic E-state index is 12.4. The molecule has 2 N–H and O–H groups in total. The Bertz CT molecular complexity index is 395. The molecule has 0 aliphatic carbocycles. The van der Waals surface area contributed by atoms with Crippen molar-refractivity contribution in [3.05, 3.63) is 29.8 Å². The third-order valence-corrected chi connectivity index (χ3v) is 2.02. The van der Waals surface area contributed by atoms with Crippen LogP contribution in [0.5, 0.6) is 0 Å². The summed E-state index contributed by atoms with van der Waals surface area (Å²) in [6.07, 6.45) is -4.43. The number of hydrogen-bond acceptors (Lipinski definition) is 1. The normalized spacial score (nSPS) is 11.1. The molecule has 0 heterocycles. The molecule has 17 heavy (non-hydrogen) atoms. The molecule has 0 fully saturated rings. The van der Waals surface area contributed by atoms with Crippen molar-refractivity contribution in [1.29, 1.82) is 0 Å². The predicted octanol–water partition coefficient (Wildman–Crippen LogP) is 3.07. The highest BCUT2D eigenvalue weighted by Crippen LogP contribution is 2.30. The number of urea groups is 1. The van der Waals surface area contributed by atoms with E-state index in [2.05, 4.69) is 10.6 Å². The largest absolute Gasteiger partial charge is 0.416 e. The van der Waals surface area contributed by atoms with E-state index in [1.165, 1.54) is 12.1 Å². The highest BCUT2D eigenvalue weighted by atomic mass is 35.5. The first kappa shape index (κ1) is 13.6. The zero-order valence-electron chi connectivity index (χ0n) is 8.64. The predicted molar refractivity (Wildman–Crippen MR) is 59.2 cm³/mol. The Labute approximate surface area is 101 Å². The minimum Gasteiger partial charge on any atom is -0.337 e. The Morgan fingerprint density at radius 1 is 1.35 bits per heavy atom. The number of carbonyl (C=O) groups is 1. The minimum atomic E-state index is -4.43. The molecule has 0 bridgehead atoms. The van der Waals surface area contributed by atoms with E-state index in [1.54, 1.807) is 0 Å². The second-order valence-electron chi connectivity index (χ2n) is 3.15. The molecule has 2 amide bonds. The molecule has 0 spiro atoms. The van der Waals surface area contributed by atoms with Gasteiger partial charge in [0.1, 0.15) is 0 Å². The van der Waals surface area contributed by atoms with Gasteiger partial charge in [0, 0.05) is 18.1 Å². The standard InChI is InChI=1S/C10H10ClF3N2O/c11-4-5-15-9(17)16-8-3-1-2-7(6-8)10(12,13)14/h1-3,6H,4-5H2,(H2,15,16,17). The third kappa shape index (κ3) is 4.52. The fourth-order valence-corrected chi connectivity index (χ4v) is 1.20. The Morgan fingerprint density at radius 3 is 2.65 bits per heavy atom. The quantitative estimate of drug-likeness (QED) is 0.811. The van der Waals surface area contributed by atoms with Gasteiger partial charge in [-0.1, -0.05) is 6.07 Å². The van der Waals surface area contributed by atoms with Gasteiger partial charge < -0.3 is 10.6 Å². The van der Waals surface area contributed by atoms with Crippen LogP contribution in [-0.4, -0.2) is 18.5 Å². The van der Waals surface area contributed by atoms with E-state index in [1.807, 2.05) is 0 Å². The lowest BCUT2D eigenvalue weighted by Crippen LogP contribution is -2.30. The highest BCUT2D eigenvalue weighted by Gasteiger charge is 2.30. The molecule has 0 aliphatic rings. The van der Waals surface area contributed by atoms with Crippen LogP contribution in [0.25, 0.3) is 0 Å². The number of anilines is 1. The van der Waals surface area contributed by atoms with Gasteiger partial charge in [-0.05, 0) is 18.2 Å². The smallest absolute Gasteiger partial charge is 0.337 e. The van der Waals surface area contributed by atoms with Gasteiger partial charge in [0.25, 0.3) is 0 Å². The number of alkyl halides is 4. The summed E-state index contributed by atoms with van der Waals surface area (Å²) in [4.78, 5) is 11.2. The second-order valence-corrected chi connectivity index (χ2v) is 3.53. The summed E-state index contributed by atoms with van der Waals surface area (Å²) < 4.78 is 37.1. The van der Waals surface area contributed by atoms with Crippen LogP contribution in [0, 0.1) is 0 Å². The fraction of sp³-hybridized carbons (Fsp3) is 0.300. The fourth-order valence-electron chi connectivity index (χ4n) is 1.11. The Kier molecular flexibility index (Phi) is 4.62. The van der Waals surface area contributed by atoms with E-state index in [0.29, 0.717) is 0 Å². The lowest BCUT2D eigenvalue weighted by atomic mass is 10.2. The van der Waals surface area contributed by atoms with Crippen LogP contribution in [0.1, 0.15) is 5.56 Å². The summed E-state index contributed by atoms with van der Waals surface area (Å²) in [5.41, 5.74) is -0.737. The lowest BCUT2D eigenvalue weighted by molar-refractivity contribution is -0.137. The average Bonchev–Trinajstić information content (AvgIpc) is 2.25. The Balaban J connectivity index is 2.69. The topological polar surface area (TPSA) is 41.1 Å². The molecule has 3 nitrogen and oxygen atoms in total. The van der Waals surface area contributed by atoms with Crippen LogP contribution in [-0.2, 0) is 6.18 Å². The lowest BCUT2D eigenvalue weighted by Gasteiger charge is -2.10. The molecule has 1 rings (SSSR count). The number of carbonyl (C=O) groups excluding carboxylic acids is 1. The van der Waals surface area contributed by atoms with Crippen LogP contribution >= 0.6 is 11.6 Å². The molecule has 94 valence electrons. The molecule has 0 saturated carbocycles. The van der Waals surface area contributed by atoms with Crippen molar-refractivity contribution in [3.8, 4) is 0 Å². The summed E-state index contributed by atoms with van der Waals surface area (Å²) in [6, 6.07) is 3.79. The van der Waals surface area contributed by atoms with Crippen molar-refractivity contribution in [3.63, 3.8) is 0 Å². The van der Waals surface area contributed by atoms with Gasteiger partial charge in [-0.25, -0.2) is 4.79 Å². The van der Waals surface area contributed by atoms with Crippen LogP contribution in [0.4, 0.5) is 23.7 Å². The molecule has 1 aromatic rings. The second kappa shape index (κ2) is 5.77. The molecule has 7 heteroatoms. The van der Waals surface area contributed by atoms with E-state index in [-0.39, 0.29) is 18.1 Å². The first-order chi connectivity index (χ1) is 7.93. The molecule has 0 unspecified atom stereocenters. The summed E-state index contributed by atoms with van der Waals surface area (Å²) in [5.74, 6) is 0.232. The minimum absolute atomic E-state index is 0.0758. The molecular formula is C10H10ClF3N2O. The third-order valence-electron chi connectivity index (χ3n) is 1.83. The number of amides is 2. The van der Waals surface area contributed by atoms with Gasteiger partial charge in [-0.2, -0.15) is 13.2 Å². The van der Waals surface area contributed by atoms with E-state index in [4.69, 9.17) is 11.6 Å². The van der Waals surface area contributed by atoms with Gasteiger partial charge in [-0.15, -0.1) is 11.6 Å². The summed E-state index contributed by atoms with van der Waals surface area (Å²) in [5, 5.41) is 4.66. The molecule has 0 saturated heterocycles. The van der Waals surface area contributed by atoms with Gasteiger partial charge in [0.05, 0.1) is 5.56 Å². The molecule has 0 aromatic heterocycles. The van der Waals surface area contributed by atoms with Gasteiger partial charge in [0.2, 0.25) is 0 Å². The first-order valence-electron chi connectivity index (χ1n) is 4.71. The van der Waals surface area contributed by atoms with Gasteiger partial charge in [-0.3, -0.25) is 0 Å². The Hall–Kier alpha value is -1.43. The first-order valence-corrected chi connectivity index (χ1v) is 5.25. The maximum atomic E-state index is 12.4. The van der Waals surface area contributed by atoms with Crippen LogP contribution in [0.3, 0.4) is 0 Å². The summed E-state index contributed by atoms with van der Waals surface area (Å²) >= 11 is 5.34. The van der Waals surface area contributed by atoms with Crippen LogP contribution in [0.2, 0.25) is 0 Å². The molecule has 0 atom stereocenters. The van der Waals surface area contributed by atoms with E-state index in [0.717, 1.165) is 12.1 Å². The molecule has 0 aliphatic heterocycles. The van der Waals surface area contributed by atoms with Crippen LogP contribution < -0.4 is 10.6 Å². The van der Waals surface area contributed by atoms with Gasteiger partial charge in [0.15, 0.2) is 0 Å². The van der Waals surface area contributed by atoms with Crippen molar-refractivity contribution in [2.24, 2.45) is 0 Å². The van der Waals surface area contributed by atoms with Crippen LogP contribution in [0.15, 0.2) is 24.3 Å². The van der Waals surface area contributed by atoms with Crippen molar-refractivity contribution < 1.29 is 18.0 Å². The Morgan fingerprint density at radius 2 is 2.06 bits per heavy atom. The number of halogens is 4. The van der Waals surface area contributed by atoms with E-state index in [9.17, 15) is 18.0 Å². The van der Waals surface area contributed by atoms with Crippen molar-refractivity contribution >= 4 is 23.3 Å². The zero-order chi connectivity index (χ0) is 12.9. The number of nitrogens with one attached hydrogen (secondary N) is 2. The monoisotopic (exact) mass is 266 g/mol. The van der Waals surface area contributed by atoms with Crippen molar-refractivity contribution in [2.75, 3.05) is 17.7 Å². The number of hydrogen-bond donors (Lipinski definition) is 2. The maximum Gasteiger partial charge on any atom is 0.416 e. The van der Waals surface area contributed by atoms with Crippen molar-refractivity contribution in [2.45, 2.75) is 6.18 Å². The van der Waals surface area contributed by atoms with Crippen molar-refractivity contribution in [1.82, 2.24) is 5.32 Å². The number of benzene rings is 1. The summed E-state index contributed by atoms with van der Waals surface area (Å²) in [6.45, 7) is 0.242.